The Hall–Kier alpha value is -3.46. The summed E-state index contributed by atoms with van der Waals surface area (Å²) < 4.78 is 34.1. The summed E-state index contributed by atoms with van der Waals surface area (Å²) in [6.45, 7) is 3.24. The molecule has 1 aromatic heterocycles. The molecule has 0 radical (unpaired) electrons. The van der Waals surface area contributed by atoms with Crippen molar-refractivity contribution in [1.29, 1.82) is 0 Å². The lowest BCUT2D eigenvalue weighted by atomic mass is 10.3. The largest absolute Gasteiger partial charge is 0.484 e. The second-order valence-electron chi connectivity index (χ2n) is 6.16. The summed E-state index contributed by atoms with van der Waals surface area (Å²) in [7, 11) is -3.94. The Bertz CT molecular complexity index is 1080. The minimum Gasteiger partial charge on any atom is -0.484 e. The van der Waals surface area contributed by atoms with Crippen LogP contribution < -0.4 is 10.1 Å². The van der Waals surface area contributed by atoms with E-state index in [2.05, 4.69) is 20.0 Å². The Morgan fingerprint density at radius 2 is 1.72 bits per heavy atom. The molecule has 0 aliphatic heterocycles. The SMILES string of the molecule is Cc1cc([N-]S(=O)(=O)c2ccc(NC(=O)COc3ccccc3)cc2)nc(C)n1. The van der Waals surface area contributed by atoms with Crippen molar-refractivity contribution in [1.82, 2.24) is 9.97 Å². The zero-order valence-electron chi connectivity index (χ0n) is 15.9. The van der Waals surface area contributed by atoms with E-state index in [4.69, 9.17) is 4.74 Å². The van der Waals surface area contributed by atoms with Crippen molar-refractivity contribution in [2.24, 2.45) is 0 Å². The van der Waals surface area contributed by atoms with Crippen molar-refractivity contribution in [3.05, 3.63) is 76.9 Å². The third-order valence-electron chi connectivity index (χ3n) is 3.72. The summed E-state index contributed by atoms with van der Waals surface area (Å²) in [6.07, 6.45) is 0. The number of benzene rings is 2. The molecule has 150 valence electrons. The summed E-state index contributed by atoms with van der Waals surface area (Å²) in [5, 5.41) is 2.65. The van der Waals surface area contributed by atoms with Crippen LogP contribution in [-0.4, -0.2) is 30.9 Å². The third-order valence-corrected chi connectivity index (χ3v) is 5.01. The van der Waals surface area contributed by atoms with E-state index in [9.17, 15) is 13.2 Å². The molecule has 2 aromatic carbocycles. The predicted octanol–water partition coefficient (Wildman–Crippen LogP) is 3.51. The first kappa shape index (κ1) is 20.3. The number of nitrogens with zero attached hydrogens (tertiary/aromatic N) is 3. The van der Waals surface area contributed by atoms with Crippen LogP contribution in [0, 0.1) is 13.8 Å². The van der Waals surface area contributed by atoms with Gasteiger partial charge in [-0.15, -0.1) is 0 Å². The van der Waals surface area contributed by atoms with Crippen LogP contribution in [0.4, 0.5) is 11.5 Å². The van der Waals surface area contributed by atoms with E-state index in [0.717, 1.165) is 0 Å². The van der Waals surface area contributed by atoms with Crippen molar-refractivity contribution in [2.75, 3.05) is 11.9 Å². The van der Waals surface area contributed by atoms with Crippen LogP contribution >= 0.6 is 0 Å². The van der Waals surface area contributed by atoms with Crippen LogP contribution in [0.25, 0.3) is 4.72 Å². The van der Waals surface area contributed by atoms with Crippen LogP contribution in [-0.2, 0) is 14.8 Å². The van der Waals surface area contributed by atoms with Gasteiger partial charge in [0, 0.05) is 17.2 Å². The number of hydrogen-bond donors (Lipinski definition) is 1. The molecule has 1 heterocycles. The molecule has 3 rings (SSSR count). The van der Waals surface area contributed by atoms with Gasteiger partial charge in [0.25, 0.3) is 5.91 Å². The minimum absolute atomic E-state index is 0.00930. The van der Waals surface area contributed by atoms with Gasteiger partial charge in [0.1, 0.15) is 5.75 Å². The molecule has 1 amide bonds. The average Bonchev–Trinajstić information content (AvgIpc) is 2.66. The number of sulfonamides is 1. The number of amides is 1. The first-order valence-corrected chi connectivity index (χ1v) is 10.1. The van der Waals surface area contributed by atoms with E-state index >= 15 is 0 Å². The van der Waals surface area contributed by atoms with Crippen molar-refractivity contribution in [2.45, 2.75) is 18.7 Å². The summed E-state index contributed by atoms with van der Waals surface area (Å²) in [6, 6.07) is 16.2. The highest BCUT2D eigenvalue weighted by Crippen LogP contribution is 2.27. The molecule has 0 fully saturated rings. The quantitative estimate of drug-likeness (QED) is 0.637. The molecule has 0 bridgehead atoms. The molecule has 0 aliphatic carbocycles. The van der Waals surface area contributed by atoms with Gasteiger partial charge in [-0.1, -0.05) is 18.2 Å². The lowest BCUT2D eigenvalue weighted by molar-refractivity contribution is -0.118. The van der Waals surface area contributed by atoms with Crippen molar-refractivity contribution < 1.29 is 17.9 Å². The zero-order valence-corrected chi connectivity index (χ0v) is 16.7. The fourth-order valence-electron chi connectivity index (χ4n) is 2.49. The Morgan fingerprint density at radius 3 is 2.38 bits per heavy atom. The van der Waals surface area contributed by atoms with Crippen LogP contribution in [0.2, 0.25) is 0 Å². The van der Waals surface area contributed by atoms with E-state index in [1.807, 2.05) is 18.2 Å². The number of carbonyl (C=O) groups is 1. The molecule has 3 aromatic rings. The summed E-state index contributed by atoms with van der Waals surface area (Å²) in [5.41, 5.74) is 1.07. The standard InChI is InChI=1S/C20H20N4O4S/c1-14-12-19(22-15(2)21-14)24-29(26,27)18-10-8-16(9-11-18)23-20(25)13-28-17-6-4-3-5-7-17/h3-12H,13H2,1-2H3,(H2,21,22,23,24,25)/p-1. The molecule has 0 saturated carbocycles. The number of ether oxygens (including phenoxy) is 1. The number of aryl methyl sites for hydroxylation is 2. The lowest BCUT2D eigenvalue weighted by Crippen LogP contribution is -2.20. The zero-order chi connectivity index (χ0) is 20.9. The van der Waals surface area contributed by atoms with Crippen LogP contribution in [0.3, 0.4) is 0 Å². The number of anilines is 1. The highest BCUT2D eigenvalue weighted by atomic mass is 32.2. The Kier molecular flexibility index (Phi) is 6.08. The van der Waals surface area contributed by atoms with Gasteiger partial charge in [-0.05, 0) is 62.1 Å². The molecule has 1 N–H and O–H groups in total. The van der Waals surface area contributed by atoms with Gasteiger partial charge in [0.05, 0.1) is 4.90 Å². The second-order valence-corrected chi connectivity index (χ2v) is 7.76. The van der Waals surface area contributed by atoms with Crippen molar-refractivity contribution in [3.8, 4) is 5.75 Å². The van der Waals surface area contributed by atoms with Gasteiger partial charge in [-0.25, -0.2) is 8.42 Å². The van der Waals surface area contributed by atoms with Crippen molar-refractivity contribution in [3.63, 3.8) is 0 Å². The van der Waals surface area contributed by atoms with Gasteiger partial charge in [-0.2, -0.15) is 0 Å². The fraction of sp³-hybridized carbons (Fsp3) is 0.150. The molecule has 0 saturated heterocycles. The second kappa shape index (κ2) is 8.70. The minimum atomic E-state index is -3.94. The average molecular weight is 411 g/mol. The maximum Gasteiger partial charge on any atom is 0.262 e. The molecule has 9 heteroatoms. The summed E-state index contributed by atoms with van der Waals surface area (Å²) >= 11 is 0. The normalized spacial score (nSPS) is 11.0. The maximum atomic E-state index is 12.5. The van der Waals surface area contributed by atoms with Crippen LogP contribution in [0.5, 0.6) is 5.75 Å². The van der Waals surface area contributed by atoms with Crippen molar-refractivity contribution >= 4 is 27.4 Å². The topological polar surface area (TPSA) is 112 Å². The van der Waals surface area contributed by atoms with Gasteiger partial charge in [-0.3, -0.25) is 9.78 Å². The number of aromatic nitrogens is 2. The number of rotatable bonds is 7. The Balaban J connectivity index is 1.62. The van der Waals surface area contributed by atoms with E-state index in [-0.39, 0.29) is 23.2 Å². The fourth-order valence-corrected chi connectivity index (χ4v) is 3.42. The Labute approximate surface area is 169 Å². The highest BCUT2D eigenvalue weighted by molar-refractivity contribution is 7.94. The van der Waals surface area contributed by atoms with Gasteiger partial charge in [0.15, 0.2) is 6.61 Å². The first-order valence-electron chi connectivity index (χ1n) is 8.70. The molecule has 8 nitrogen and oxygen atoms in total. The maximum absolute atomic E-state index is 12.5. The summed E-state index contributed by atoms with van der Waals surface area (Å²) in [5.74, 6) is 0.738. The number of carbonyl (C=O) groups excluding carboxylic acids is 1. The third kappa shape index (κ3) is 5.76. The van der Waals surface area contributed by atoms with E-state index in [0.29, 0.717) is 23.0 Å². The van der Waals surface area contributed by atoms with Gasteiger partial charge >= 0.3 is 0 Å². The smallest absolute Gasteiger partial charge is 0.262 e. The molecular weight excluding hydrogens is 392 g/mol. The number of nitrogens with one attached hydrogen (secondary N) is 1. The van der Waals surface area contributed by atoms with Gasteiger partial charge in [0.2, 0.25) is 10.0 Å². The molecule has 0 spiro atoms. The van der Waals surface area contributed by atoms with E-state index < -0.39 is 10.0 Å². The van der Waals surface area contributed by atoms with E-state index in [1.54, 1.807) is 26.0 Å². The molecule has 0 aliphatic rings. The monoisotopic (exact) mass is 411 g/mol. The lowest BCUT2D eigenvalue weighted by Gasteiger charge is -2.17. The molecule has 0 unspecified atom stereocenters. The highest BCUT2D eigenvalue weighted by Gasteiger charge is 2.11. The Morgan fingerprint density at radius 1 is 1.03 bits per heavy atom. The molecular formula is C20H19N4O4S-. The van der Waals surface area contributed by atoms with Gasteiger partial charge < -0.3 is 19.8 Å². The number of para-hydroxylation sites is 1. The number of hydrogen-bond acceptors (Lipinski definition) is 6. The molecule has 29 heavy (non-hydrogen) atoms. The first-order chi connectivity index (χ1) is 13.8. The summed E-state index contributed by atoms with van der Waals surface area (Å²) in [4.78, 5) is 20.1. The van der Waals surface area contributed by atoms with E-state index in [1.165, 1.54) is 30.3 Å². The van der Waals surface area contributed by atoms with Crippen LogP contribution in [0.1, 0.15) is 11.5 Å². The molecule has 0 atom stereocenters. The van der Waals surface area contributed by atoms with Crippen LogP contribution in [0.15, 0.2) is 65.6 Å². The predicted molar refractivity (Wildman–Crippen MR) is 109 cm³/mol.